The summed E-state index contributed by atoms with van der Waals surface area (Å²) in [4.78, 5) is 11.2. The minimum Gasteiger partial charge on any atom is -0.479 e. The Labute approximate surface area is 106 Å². The molecule has 0 aromatic carbocycles. The number of hydrogen-bond donors (Lipinski definition) is 1. The Hall–Kier alpha value is -0.570. The van der Waals surface area contributed by atoms with Gasteiger partial charge in [-0.3, -0.25) is 0 Å². The smallest absolute Gasteiger partial charge is 0.335 e. The van der Waals surface area contributed by atoms with Gasteiger partial charge in [0.1, 0.15) is 0 Å². The Morgan fingerprint density at radius 2 is 1.94 bits per heavy atom. The van der Waals surface area contributed by atoms with Crippen LogP contribution in [0.5, 0.6) is 0 Å². The summed E-state index contributed by atoms with van der Waals surface area (Å²) in [5.74, 6) is -0.328. The molecule has 0 aliphatic carbocycles. The third-order valence-electron chi connectivity index (χ3n) is 3.07. The summed E-state index contributed by atoms with van der Waals surface area (Å²) in [6.07, 6.45) is 5.93. The number of unbranched alkanes of at least 4 members (excludes halogenated alkanes) is 3. The number of hydrogen-bond acceptors (Lipinski definition) is 2. The van der Waals surface area contributed by atoms with E-state index in [-0.39, 0.29) is 0 Å². The molecule has 0 amide bonds. The highest BCUT2D eigenvalue weighted by atomic mass is 16.5. The Kier molecular flexibility index (Phi) is 8.23. The molecule has 1 atom stereocenters. The van der Waals surface area contributed by atoms with Crippen LogP contribution in [0.4, 0.5) is 0 Å². The van der Waals surface area contributed by atoms with Gasteiger partial charge in [0, 0.05) is 6.61 Å². The van der Waals surface area contributed by atoms with Gasteiger partial charge in [-0.15, -0.1) is 0 Å². The van der Waals surface area contributed by atoms with Crippen LogP contribution >= 0.6 is 0 Å². The van der Waals surface area contributed by atoms with Gasteiger partial charge in [0.2, 0.25) is 0 Å². The summed E-state index contributed by atoms with van der Waals surface area (Å²) in [7, 11) is 0. The van der Waals surface area contributed by atoms with Crippen molar-refractivity contribution in [3.63, 3.8) is 0 Å². The second-order valence-electron chi connectivity index (χ2n) is 5.38. The molecule has 0 heterocycles. The van der Waals surface area contributed by atoms with Crippen molar-refractivity contribution in [1.29, 1.82) is 0 Å². The van der Waals surface area contributed by atoms with Gasteiger partial charge in [0.25, 0.3) is 0 Å². The first-order valence-corrected chi connectivity index (χ1v) is 6.79. The van der Waals surface area contributed by atoms with Crippen LogP contribution in [0.15, 0.2) is 0 Å². The molecule has 1 N–H and O–H groups in total. The van der Waals surface area contributed by atoms with Crippen LogP contribution in [0.3, 0.4) is 0 Å². The Morgan fingerprint density at radius 1 is 1.29 bits per heavy atom. The summed E-state index contributed by atoms with van der Waals surface area (Å²) in [6, 6.07) is 0. The van der Waals surface area contributed by atoms with Gasteiger partial charge in [-0.25, -0.2) is 4.79 Å². The lowest BCUT2D eigenvalue weighted by Crippen LogP contribution is -2.39. The van der Waals surface area contributed by atoms with E-state index in [4.69, 9.17) is 4.74 Å². The number of rotatable bonds is 10. The van der Waals surface area contributed by atoms with E-state index >= 15 is 0 Å². The minimum atomic E-state index is -1.00. The molecule has 1 unspecified atom stereocenters. The maximum atomic E-state index is 11.2. The van der Waals surface area contributed by atoms with Crippen molar-refractivity contribution in [2.45, 2.75) is 71.8 Å². The first kappa shape index (κ1) is 16.4. The SMILES string of the molecule is CCCCCCOC(C)(CCC(C)C)C(=O)O. The van der Waals surface area contributed by atoms with Crippen molar-refractivity contribution in [3.8, 4) is 0 Å². The highest BCUT2D eigenvalue weighted by molar-refractivity contribution is 5.76. The molecule has 0 saturated heterocycles. The monoisotopic (exact) mass is 244 g/mol. The fourth-order valence-corrected chi connectivity index (χ4v) is 1.63. The maximum Gasteiger partial charge on any atom is 0.335 e. The van der Waals surface area contributed by atoms with Crippen molar-refractivity contribution in [1.82, 2.24) is 0 Å². The summed E-state index contributed by atoms with van der Waals surface area (Å²) in [5.41, 5.74) is -1.00. The summed E-state index contributed by atoms with van der Waals surface area (Å²) < 4.78 is 5.59. The lowest BCUT2D eigenvalue weighted by Gasteiger charge is -2.26. The molecule has 3 nitrogen and oxygen atoms in total. The molecule has 0 aromatic heterocycles. The van der Waals surface area contributed by atoms with Crippen molar-refractivity contribution >= 4 is 5.97 Å². The minimum absolute atomic E-state index is 0.511. The highest BCUT2D eigenvalue weighted by Gasteiger charge is 2.33. The van der Waals surface area contributed by atoms with E-state index in [9.17, 15) is 9.90 Å². The number of aliphatic carboxylic acids is 1. The molecule has 0 aromatic rings. The zero-order chi connectivity index (χ0) is 13.3. The van der Waals surface area contributed by atoms with Crippen molar-refractivity contribution in [2.24, 2.45) is 5.92 Å². The second-order valence-corrected chi connectivity index (χ2v) is 5.38. The number of carboxylic acids is 1. The topological polar surface area (TPSA) is 46.5 Å². The van der Waals surface area contributed by atoms with Crippen LogP contribution in [-0.2, 0) is 9.53 Å². The van der Waals surface area contributed by atoms with E-state index in [1.807, 2.05) is 0 Å². The van der Waals surface area contributed by atoms with E-state index in [1.165, 1.54) is 12.8 Å². The van der Waals surface area contributed by atoms with Crippen molar-refractivity contribution in [3.05, 3.63) is 0 Å². The van der Waals surface area contributed by atoms with Gasteiger partial charge in [0.15, 0.2) is 5.60 Å². The summed E-state index contributed by atoms with van der Waals surface area (Å²) in [6.45, 7) is 8.61. The predicted molar refractivity (Wildman–Crippen MR) is 70.2 cm³/mol. The van der Waals surface area contributed by atoms with Gasteiger partial charge >= 0.3 is 5.97 Å². The zero-order valence-corrected chi connectivity index (χ0v) is 11.8. The fourth-order valence-electron chi connectivity index (χ4n) is 1.63. The third-order valence-corrected chi connectivity index (χ3v) is 3.07. The molecule has 102 valence electrons. The predicted octanol–water partition coefficient (Wildman–Crippen LogP) is 3.86. The van der Waals surface area contributed by atoms with E-state index < -0.39 is 11.6 Å². The maximum absolute atomic E-state index is 11.2. The molecule has 17 heavy (non-hydrogen) atoms. The van der Waals surface area contributed by atoms with E-state index in [1.54, 1.807) is 6.92 Å². The van der Waals surface area contributed by atoms with Crippen LogP contribution in [0, 0.1) is 5.92 Å². The van der Waals surface area contributed by atoms with E-state index in [2.05, 4.69) is 20.8 Å². The van der Waals surface area contributed by atoms with Crippen molar-refractivity contribution < 1.29 is 14.6 Å². The van der Waals surface area contributed by atoms with Crippen LogP contribution in [-0.4, -0.2) is 23.3 Å². The quantitative estimate of drug-likeness (QED) is 0.593. The molecule has 0 bridgehead atoms. The average Bonchev–Trinajstić information content (AvgIpc) is 2.26. The first-order chi connectivity index (χ1) is 7.92. The van der Waals surface area contributed by atoms with Gasteiger partial charge < -0.3 is 9.84 Å². The molecule has 3 heteroatoms. The number of carbonyl (C=O) groups is 1. The Bertz CT molecular complexity index is 214. The highest BCUT2D eigenvalue weighted by Crippen LogP contribution is 2.21. The third kappa shape index (κ3) is 7.37. The Morgan fingerprint density at radius 3 is 2.41 bits per heavy atom. The van der Waals surface area contributed by atoms with Crippen LogP contribution in [0.2, 0.25) is 0 Å². The molecule has 0 rings (SSSR count). The van der Waals surface area contributed by atoms with E-state index in [0.29, 0.717) is 18.9 Å². The van der Waals surface area contributed by atoms with Gasteiger partial charge in [0.05, 0.1) is 0 Å². The number of ether oxygens (including phenoxy) is 1. The standard InChI is InChI=1S/C14H28O3/c1-5-6-7-8-11-17-14(4,13(15)16)10-9-12(2)3/h12H,5-11H2,1-4H3,(H,15,16). The lowest BCUT2D eigenvalue weighted by molar-refractivity contribution is -0.165. The zero-order valence-electron chi connectivity index (χ0n) is 11.8. The average molecular weight is 244 g/mol. The summed E-state index contributed by atoms with van der Waals surface area (Å²) in [5, 5.41) is 9.22. The molecule has 0 aliphatic rings. The van der Waals surface area contributed by atoms with E-state index in [0.717, 1.165) is 19.3 Å². The Balaban J connectivity index is 3.99. The molecule has 0 saturated carbocycles. The summed E-state index contributed by atoms with van der Waals surface area (Å²) >= 11 is 0. The van der Waals surface area contributed by atoms with Crippen LogP contribution in [0.1, 0.15) is 66.2 Å². The lowest BCUT2D eigenvalue weighted by atomic mass is 9.95. The molecule has 0 aliphatic heterocycles. The molecule has 0 fully saturated rings. The fraction of sp³-hybridized carbons (Fsp3) is 0.929. The van der Waals surface area contributed by atoms with Crippen LogP contribution < -0.4 is 0 Å². The number of carboxylic acid groups (broad SMARTS) is 1. The molecular formula is C14H28O3. The normalized spacial score (nSPS) is 14.9. The first-order valence-electron chi connectivity index (χ1n) is 6.79. The molecule has 0 spiro atoms. The van der Waals surface area contributed by atoms with Gasteiger partial charge in [-0.1, -0.05) is 40.0 Å². The molecular weight excluding hydrogens is 216 g/mol. The van der Waals surface area contributed by atoms with Gasteiger partial charge in [-0.05, 0) is 32.1 Å². The largest absolute Gasteiger partial charge is 0.479 e. The van der Waals surface area contributed by atoms with Crippen LogP contribution in [0.25, 0.3) is 0 Å². The van der Waals surface area contributed by atoms with Crippen molar-refractivity contribution in [2.75, 3.05) is 6.61 Å². The molecule has 0 radical (unpaired) electrons. The second kappa shape index (κ2) is 8.51. The van der Waals surface area contributed by atoms with Gasteiger partial charge in [-0.2, -0.15) is 0 Å².